The van der Waals surface area contributed by atoms with Crippen LogP contribution in [0.25, 0.3) is 0 Å². The summed E-state index contributed by atoms with van der Waals surface area (Å²) in [6, 6.07) is 7.83. The molecule has 1 saturated heterocycles. The van der Waals surface area contributed by atoms with Gasteiger partial charge in [0, 0.05) is 29.2 Å². The number of nitriles is 1. The van der Waals surface area contributed by atoms with E-state index >= 15 is 8.78 Å². The Hall–Kier alpha value is -2.71. The van der Waals surface area contributed by atoms with E-state index in [1.807, 2.05) is 12.2 Å². The van der Waals surface area contributed by atoms with Gasteiger partial charge in [-0.1, -0.05) is 53.6 Å². The molecule has 4 rings (SSSR count). The first-order valence-electron chi connectivity index (χ1n) is 11.2. The zero-order valence-electron chi connectivity index (χ0n) is 19.9. The quantitative estimate of drug-likeness (QED) is 0.296. The minimum atomic E-state index is -1.84. The highest BCUT2D eigenvalue weighted by atomic mass is 35.5. The molecule has 2 aliphatic rings. The Morgan fingerprint density at radius 3 is 2.42 bits per heavy atom. The second-order valence-corrected chi connectivity index (χ2v) is 10.2. The molecule has 3 N–H and O–H groups in total. The molecule has 0 amide bonds. The van der Waals surface area contributed by atoms with Crippen LogP contribution in [0.15, 0.2) is 48.6 Å². The highest BCUT2D eigenvalue weighted by Crippen LogP contribution is 2.54. The molecule has 12 heteroatoms. The van der Waals surface area contributed by atoms with Gasteiger partial charge in [-0.2, -0.15) is 5.26 Å². The van der Waals surface area contributed by atoms with Crippen molar-refractivity contribution in [3.8, 4) is 6.07 Å². The summed E-state index contributed by atoms with van der Waals surface area (Å²) in [5, 5.41) is 34.0. The van der Waals surface area contributed by atoms with Crippen LogP contribution in [-0.4, -0.2) is 34.9 Å². The van der Waals surface area contributed by atoms with Crippen LogP contribution in [0.2, 0.25) is 10.0 Å². The molecule has 38 heavy (non-hydrogen) atoms. The molecule has 2 aromatic rings. The van der Waals surface area contributed by atoms with E-state index in [1.54, 1.807) is 0 Å². The number of carboxylic acid groups (broad SMARTS) is 1. The maximum Gasteiger partial charge on any atom is 0.321 e. The minimum Gasteiger partial charge on any atom is -0.480 e. The van der Waals surface area contributed by atoms with Gasteiger partial charge in [-0.3, -0.25) is 24.2 Å². The highest BCUT2D eigenvalue weighted by Gasteiger charge is 2.62. The number of benzene rings is 2. The van der Waals surface area contributed by atoms with E-state index in [1.165, 1.54) is 30.3 Å². The predicted octanol–water partition coefficient (Wildman–Crippen LogP) is 5.81. The average Bonchev–Trinajstić information content (AvgIpc) is 3.16. The van der Waals surface area contributed by atoms with E-state index in [4.69, 9.17) is 23.2 Å². The number of aliphatic hydroxyl groups is 1. The van der Waals surface area contributed by atoms with Crippen LogP contribution in [0.3, 0.4) is 0 Å². The summed E-state index contributed by atoms with van der Waals surface area (Å²) in [6.07, 6.45) is 5.94. The van der Waals surface area contributed by atoms with Crippen molar-refractivity contribution in [1.29, 1.82) is 5.26 Å². The zero-order chi connectivity index (χ0) is 25.4. The Labute approximate surface area is 226 Å². The lowest BCUT2D eigenvalue weighted by Gasteiger charge is -2.41. The maximum absolute atomic E-state index is 15.5. The molecule has 5 nitrogen and oxygen atoms in total. The molecular weight excluding hydrogens is 554 g/mol. The lowest BCUT2D eigenvalue weighted by atomic mass is 9.61. The molecule has 208 valence electrons. The van der Waals surface area contributed by atoms with Gasteiger partial charge < -0.3 is 10.2 Å². The van der Waals surface area contributed by atoms with Gasteiger partial charge >= 0.3 is 5.97 Å². The smallest absolute Gasteiger partial charge is 0.321 e. The Balaban J connectivity index is 0.00000241. The number of rotatable bonds is 6. The largest absolute Gasteiger partial charge is 0.480 e. The van der Waals surface area contributed by atoms with Gasteiger partial charge in [0.15, 0.2) is 0 Å². The lowest BCUT2D eigenvalue weighted by molar-refractivity contribution is -0.139. The average molecular weight is 581 g/mol. The van der Waals surface area contributed by atoms with Crippen molar-refractivity contribution in [1.82, 2.24) is 5.32 Å². The predicted molar refractivity (Wildman–Crippen MR) is 136 cm³/mol. The van der Waals surface area contributed by atoms with E-state index in [2.05, 4.69) is 11.4 Å². The summed E-state index contributed by atoms with van der Waals surface area (Å²) in [5.41, 5.74) is -2.68. The fraction of sp³-hybridized carbons (Fsp3) is 0.385. The second-order valence-electron chi connectivity index (χ2n) is 9.34. The van der Waals surface area contributed by atoms with Gasteiger partial charge in [0.25, 0.3) is 0 Å². The number of hydrogen-bond donors (Lipinski definition) is 3. The van der Waals surface area contributed by atoms with Crippen LogP contribution >= 0.6 is 23.2 Å². The molecule has 1 aliphatic carbocycles. The molecule has 5 unspecified atom stereocenters. The van der Waals surface area contributed by atoms with Crippen molar-refractivity contribution in [3.05, 3.63) is 81.4 Å². The fourth-order valence-corrected chi connectivity index (χ4v) is 6.04. The van der Waals surface area contributed by atoms with Crippen LogP contribution in [0, 0.1) is 28.4 Å². The summed E-state index contributed by atoms with van der Waals surface area (Å²) >= 11 is 12.0. The van der Waals surface area contributed by atoms with E-state index in [-0.39, 0.29) is 48.3 Å². The first-order chi connectivity index (χ1) is 16.7. The van der Waals surface area contributed by atoms with E-state index in [0.717, 1.165) is 6.07 Å². The standard InChI is InChI=1S/C26H24Cl2F2N2O3.3FH/c27-15-7-8-17(19(29)11-15)26(13-31)20(12-25(14-33)9-2-1-3-10-25)32-23(24(34)35)21(26)16-5-4-6-18(28)22(16)30;;;/h1-2,4-8,11,20-21,23,32-33H,3,9-10,12,14H2,(H,34,35);3*1H. The monoisotopic (exact) mass is 580 g/mol. The van der Waals surface area contributed by atoms with Crippen LogP contribution < -0.4 is 5.32 Å². The van der Waals surface area contributed by atoms with Crippen molar-refractivity contribution >= 4 is 29.2 Å². The number of nitrogens with zero attached hydrogens (tertiary/aromatic N) is 1. The molecule has 1 fully saturated rings. The number of carboxylic acids is 1. The summed E-state index contributed by atoms with van der Waals surface area (Å²) in [4.78, 5) is 12.4. The molecule has 0 spiro atoms. The number of aliphatic carboxylic acids is 1. The molecule has 0 saturated carbocycles. The van der Waals surface area contributed by atoms with Crippen molar-refractivity contribution in [3.63, 3.8) is 0 Å². The number of aliphatic hydroxyl groups excluding tert-OH is 1. The van der Waals surface area contributed by atoms with E-state index in [0.29, 0.717) is 19.3 Å². The highest BCUT2D eigenvalue weighted by molar-refractivity contribution is 6.31. The SMILES string of the molecule is F.F.F.N#CC1(c2ccc(Cl)cc2F)C(CC2(CO)CC=CCC2)NC(C(=O)O)C1c1cccc(Cl)c1F. The van der Waals surface area contributed by atoms with Crippen LogP contribution in [0.1, 0.15) is 42.7 Å². The van der Waals surface area contributed by atoms with Gasteiger partial charge in [-0.25, -0.2) is 8.78 Å². The van der Waals surface area contributed by atoms with Gasteiger partial charge in [0.05, 0.1) is 11.1 Å². The summed E-state index contributed by atoms with van der Waals surface area (Å²) < 4.78 is 30.8. The maximum atomic E-state index is 15.5. The molecule has 2 aromatic carbocycles. The van der Waals surface area contributed by atoms with Crippen LogP contribution in [0.5, 0.6) is 0 Å². The number of hydrogen-bond acceptors (Lipinski definition) is 4. The minimum absolute atomic E-state index is 0. The molecule has 1 aliphatic heterocycles. The Bertz CT molecular complexity index is 1230. The molecule has 0 radical (unpaired) electrons. The van der Waals surface area contributed by atoms with Crippen LogP contribution in [-0.2, 0) is 10.2 Å². The third-order valence-electron chi connectivity index (χ3n) is 7.43. The van der Waals surface area contributed by atoms with E-state index in [9.17, 15) is 20.3 Å². The third kappa shape index (κ3) is 5.52. The first-order valence-corrected chi connectivity index (χ1v) is 12.0. The summed E-state index contributed by atoms with van der Waals surface area (Å²) in [5.74, 6) is -4.29. The molecule has 1 heterocycles. The molecule has 0 bridgehead atoms. The molecule has 0 aromatic heterocycles. The topological polar surface area (TPSA) is 93.4 Å². The number of carbonyl (C=O) groups is 1. The Morgan fingerprint density at radius 2 is 1.87 bits per heavy atom. The zero-order valence-corrected chi connectivity index (χ0v) is 21.4. The van der Waals surface area contributed by atoms with Crippen molar-refractivity contribution < 1.29 is 37.9 Å². The summed E-state index contributed by atoms with van der Waals surface area (Å²) in [7, 11) is 0. The third-order valence-corrected chi connectivity index (χ3v) is 7.96. The Kier molecular flexibility index (Phi) is 11.3. The normalized spacial score (nSPS) is 27.8. The number of nitrogens with one attached hydrogen (secondary N) is 1. The first kappa shape index (κ1) is 33.3. The van der Waals surface area contributed by atoms with Crippen molar-refractivity contribution in [2.45, 2.75) is 49.1 Å². The molecule has 5 atom stereocenters. The lowest BCUT2D eigenvalue weighted by Crippen LogP contribution is -2.47. The second kappa shape index (κ2) is 12.9. The van der Waals surface area contributed by atoms with Crippen molar-refractivity contribution in [2.75, 3.05) is 6.61 Å². The molecular formula is C26H27Cl2F5N2O3. The number of allylic oxidation sites excluding steroid dienone is 2. The van der Waals surface area contributed by atoms with Gasteiger partial charge in [0.1, 0.15) is 23.1 Å². The fourth-order valence-electron chi connectivity index (χ4n) is 5.70. The van der Waals surface area contributed by atoms with Gasteiger partial charge in [-0.15, -0.1) is 0 Å². The van der Waals surface area contributed by atoms with Crippen molar-refractivity contribution in [2.24, 2.45) is 5.41 Å². The van der Waals surface area contributed by atoms with Gasteiger partial charge in [0.2, 0.25) is 0 Å². The van der Waals surface area contributed by atoms with Crippen LogP contribution in [0.4, 0.5) is 22.9 Å². The van der Waals surface area contributed by atoms with E-state index < -0.39 is 46.4 Å². The summed E-state index contributed by atoms with van der Waals surface area (Å²) in [6.45, 7) is -0.200. The van der Waals surface area contributed by atoms with Gasteiger partial charge in [-0.05, 0) is 54.9 Å². The number of halogens is 7. The Morgan fingerprint density at radius 1 is 1.16 bits per heavy atom.